The maximum atomic E-state index is 12.1. The molecule has 0 saturated heterocycles. The molecule has 1 heterocycles. The van der Waals surface area contributed by atoms with E-state index in [-0.39, 0.29) is 31.0 Å². The molecule has 154 valence electrons. The first-order valence-electron chi connectivity index (χ1n) is 9.31. The van der Waals surface area contributed by atoms with Crippen molar-refractivity contribution in [1.29, 1.82) is 0 Å². The molecule has 1 atom stereocenters. The molecule has 2 amide bonds. The predicted molar refractivity (Wildman–Crippen MR) is 112 cm³/mol. The van der Waals surface area contributed by atoms with Gasteiger partial charge < -0.3 is 20.1 Å². The summed E-state index contributed by atoms with van der Waals surface area (Å²) in [6.07, 6.45) is -0.170. The van der Waals surface area contributed by atoms with E-state index in [2.05, 4.69) is 10.6 Å². The highest BCUT2D eigenvalue weighted by molar-refractivity contribution is 6.31. The van der Waals surface area contributed by atoms with E-state index in [4.69, 9.17) is 21.1 Å². The molecule has 0 aliphatic carbocycles. The predicted octanol–water partition coefficient (Wildman–Crippen LogP) is 2.47. The largest absolute Gasteiger partial charge is 0.486 e. The van der Waals surface area contributed by atoms with E-state index < -0.39 is 0 Å². The lowest BCUT2D eigenvalue weighted by Gasteiger charge is -2.29. The summed E-state index contributed by atoms with van der Waals surface area (Å²) in [6, 6.07) is 12.8. The number of ether oxygens (including phenoxy) is 2. The minimum Gasteiger partial charge on any atom is -0.486 e. The summed E-state index contributed by atoms with van der Waals surface area (Å²) in [4.78, 5) is 26.1. The molecule has 3 rings (SSSR count). The Balaban J connectivity index is 1.40. The Bertz CT molecular complexity index is 890. The van der Waals surface area contributed by atoms with E-state index in [1.807, 2.05) is 43.1 Å². The van der Waals surface area contributed by atoms with Gasteiger partial charge in [-0.3, -0.25) is 14.5 Å². The van der Waals surface area contributed by atoms with Crippen LogP contribution in [0.25, 0.3) is 0 Å². The van der Waals surface area contributed by atoms with Crippen LogP contribution in [-0.2, 0) is 9.59 Å². The van der Waals surface area contributed by atoms with E-state index in [0.29, 0.717) is 29.6 Å². The van der Waals surface area contributed by atoms with Crippen LogP contribution in [0.2, 0.25) is 5.02 Å². The van der Waals surface area contributed by atoms with Gasteiger partial charge in [0.15, 0.2) is 11.5 Å². The number of carbonyl (C=O) groups excluding carboxylic acids is 2. The molecular weight excluding hydrogens is 394 g/mol. The topological polar surface area (TPSA) is 79.9 Å². The van der Waals surface area contributed by atoms with Crippen LogP contribution in [0.5, 0.6) is 11.5 Å². The molecule has 2 aromatic carbocycles. The van der Waals surface area contributed by atoms with E-state index in [1.54, 1.807) is 18.2 Å². The zero-order valence-corrected chi connectivity index (χ0v) is 17.2. The van der Waals surface area contributed by atoms with Crippen LogP contribution in [0, 0.1) is 6.92 Å². The number of rotatable bonds is 7. The van der Waals surface area contributed by atoms with Crippen molar-refractivity contribution < 1.29 is 19.1 Å². The van der Waals surface area contributed by atoms with Gasteiger partial charge in [0.05, 0.1) is 13.1 Å². The summed E-state index contributed by atoms with van der Waals surface area (Å²) in [5.74, 6) is 0.870. The minimum atomic E-state index is -0.313. The number of benzene rings is 2. The van der Waals surface area contributed by atoms with Gasteiger partial charge in [0.25, 0.3) is 0 Å². The number of carbonyl (C=O) groups is 2. The zero-order chi connectivity index (χ0) is 20.8. The van der Waals surface area contributed by atoms with E-state index in [1.165, 1.54) is 0 Å². The molecule has 29 heavy (non-hydrogen) atoms. The van der Waals surface area contributed by atoms with Gasteiger partial charge >= 0.3 is 0 Å². The molecule has 0 unspecified atom stereocenters. The summed E-state index contributed by atoms with van der Waals surface area (Å²) in [6.45, 7) is 2.79. The fourth-order valence-electron chi connectivity index (χ4n) is 2.98. The highest BCUT2D eigenvalue weighted by Gasteiger charge is 2.22. The molecule has 0 saturated carbocycles. The van der Waals surface area contributed by atoms with Crippen molar-refractivity contribution in [2.75, 3.05) is 38.6 Å². The van der Waals surface area contributed by atoms with Crippen molar-refractivity contribution in [3.63, 3.8) is 0 Å². The first-order chi connectivity index (χ1) is 13.9. The molecule has 8 heteroatoms. The van der Waals surface area contributed by atoms with Gasteiger partial charge in [-0.25, -0.2) is 0 Å². The number of hydrogen-bond donors (Lipinski definition) is 2. The first kappa shape index (κ1) is 21.0. The second-order valence-corrected chi connectivity index (χ2v) is 7.34. The maximum absolute atomic E-state index is 12.1. The summed E-state index contributed by atoms with van der Waals surface area (Å²) in [7, 11) is 1.82. The van der Waals surface area contributed by atoms with E-state index in [9.17, 15) is 9.59 Å². The van der Waals surface area contributed by atoms with Crippen LogP contribution in [0.1, 0.15) is 5.56 Å². The molecule has 2 aromatic rings. The Labute approximate surface area is 174 Å². The van der Waals surface area contributed by atoms with Gasteiger partial charge in [-0.05, 0) is 43.8 Å². The van der Waals surface area contributed by atoms with Crippen molar-refractivity contribution in [1.82, 2.24) is 10.2 Å². The fraction of sp³-hybridized carbons (Fsp3) is 0.333. The van der Waals surface area contributed by atoms with Gasteiger partial charge in [-0.1, -0.05) is 29.8 Å². The minimum absolute atomic E-state index is 0.116. The van der Waals surface area contributed by atoms with Crippen molar-refractivity contribution in [2.24, 2.45) is 0 Å². The SMILES string of the molecule is Cc1c(Cl)cccc1NC(=O)CNC(=O)CN(C)C[C@H]1COc2ccccc2O1. The third kappa shape index (κ3) is 5.85. The second-order valence-electron chi connectivity index (χ2n) is 6.93. The van der Waals surface area contributed by atoms with Crippen molar-refractivity contribution >= 4 is 29.1 Å². The first-order valence-corrected chi connectivity index (χ1v) is 9.69. The molecule has 0 spiro atoms. The number of likely N-dealkylation sites (N-methyl/N-ethyl adjacent to an activating group) is 1. The van der Waals surface area contributed by atoms with Gasteiger partial charge in [0.2, 0.25) is 11.8 Å². The zero-order valence-electron chi connectivity index (χ0n) is 16.4. The van der Waals surface area contributed by atoms with Crippen molar-refractivity contribution in [3.05, 3.63) is 53.1 Å². The lowest BCUT2D eigenvalue weighted by molar-refractivity contribution is -0.125. The summed E-state index contributed by atoms with van der Waals surface area (Å²) in [5, 5.41) is 5.94. The number of nitrogens with zero attached hydrogens (tertiary/aromatic N) is 1. The van der Waals surface area contributed by atoms with Gasteiger partial charge in [0.1, 0.15) is 12.7 Å². The number of fused-ring (bicyclic) bond motifs is 1. The summed E-state index contributed by atoms with van der Waals surface area (Å²) in [5.41, 5.74) is 1.41. The average molecular weight is 418 g/mol. The molecule has 0 radical (unpaired) electrons. The smallest absolute Gasteiger partial charge is 0.243 e. The molecule has 7 nitrogen and oxygen atoms in total. The highest BCUT2D eigenvalue weighted by atomic mass is 35.5. The average Bonchev–Trinajstić information content (AvgIpc) is 2.70. The van der Waals surface area contributed by atoms with Gasteiger partial charge in [-0.2, -0.15) is 0 Å². The van der Waals surface area contributed by atoms with Crippen LogP contribution in [-0.4, -0.2) is 56.1 Å². The van der Waals surface area contributed by atoms with Crippen molar-refractivity contribution in [2.45, 2.75) is 13.0 Å². The van der Waals surface area contributed by atoms with E-state index >= 15 is 0 Å². The number of halogens is 1. The molecule has 1 aliphatic heterocycles. The van der Waals surface area contributed by atoms with Crippen LogP contribution < -0.4 is 20.1 Å². The Morgan fingerprint density at radius 3 is 2.69 bits per heavy atom. The van der Waals surface area contributed by atoms with Crippen LogP contribution in [0.4, 0.5) is 5.69 Å². The number of para-hydroxylation sites is 2. The molecule has 0 bridgehead atoms. The monoisotopic (exact) mass is 417 g/mol. The number of amides is 2. The summed E-state index contributed by atoms with van der Waals surface area (Å²) < 4.78 is 11.6. The number of hydrogen-bond acceptors (Lipinski definition) is 5. The second kappa shape index (κ2) is 9.62. The van der Waals surface area contributed by atoms with Gasteiger partial charge in [-0.15, -0.1) is 0 Å². The van der Waals surface area contributed by atoms with Crippen LogP contribution in [0.3, 0.4) is 0 Å². The van der Waals surface area contributed by atoms with Gasteiger partial charge in [0, 0.05) is 17.3 Å². The third-order valence-electron chi connectivity index (χ3n) is 4.48. The molecule has 1 aliphatic rings. The standard InChI is InChI=1S/C21H24ClN3O4/c1-14-16(22)6-5-7-17(14)24-20(26)10-23-21(27)12-25(2)11-15-13-28-18-8-3-4-9-19(18)29-15/h3-9,15H,10-13H2,1-2H3,(H,23,27)(H,24,26)/t15-/m0/s1. The molecule has 0 aromatic heterocycles. The number of nitrogens with one attached hydrogen (secondary N) is 2. The lowest BCUT2D eigenvalue weighted by Crippen LogP contribution is -2.44. The van der Waals surface area contributed by atoms with E-state index in [0.717, 1.165) is 11.3 Å². The number of anilines is 1. The lowest BCUT2D eigenvalue weighted by atomic mass is 10.2. The third-order valence-corrected chi connectivity index (χ3v) is 4.89. The van der Waals surface area contributed by atoms with Crippen LogP contribution >= 0.6 is 11.6 Å². The Morgan fingerprint density at radius 2 is 1.90 bits per heavy atom. The Kier molecular flexibility index (Phi) is 6.95. The molecule has 0 fully saturated rings. The quantitative estimate of drug-likeness (QED) is 0.723. The Morgan fingerprint density at radius 1 is 1.14 bits per heavy atom. The fourth-order valence-corrected chi connectivity index (χ4v) is 3.16. The Hall–Kier alpha value is -2.77. The van der Waals surface area contributed by atoms with Crippen LogP contribution in [0.15, 0.2) is 42.5 Å². The molecule has 2 N–H and O–H groups in total. The highest BCUT2D eigenvalue weighted by Crippen LogP contribution is 2.30. The summed E-state index contributed by atoms with van der Waals surface area (Å²) >= 11 is 6.04. The normalized spacial score (nSPS) is 15.1. The molecular formula is C21H24ClN3O4. The van der Waals surface area contributed by atoms with Crippen molar-refractivity contribution in [3.8, 4) is 11.5 Å². The maximum Gasteiger partial charge on any atom is 0.243 e.